The quantitative estimate of drug-likeness (QED) is 0.672. The number of aliphatic hydroxyl groups excluding tert-OH is 1. The molecule has 116 valence electrons. The summed E-state index contributed by atoms with van der Waals surface area (Å²) in [5.41, 5.74) is 8.31. The Labute approximate surface area is 125 Å². The molecule has 4 N–H and O–H groups in total. The summed E-state index contributed by atoms with van der Waals surface area (Å²) in [6, 6.07) is 5.41. The summed E-state index contributed by atoms with van der Waals surface area (Å²) in [6.07, 6.45) is 0. The highest BCUT2D eigenvalue weighted by molar-refractivity contribution is 5.96. The minimum atomic E-state index is -0.0716. The molecule has 0 spiro atoms. The Balaban J connectivity index is 2.09. The van der Waals surface area contributed by atoms with E-state index in [0.717, 1.165) is 31.9 Å². The van der Waals surface area contributed by atoms with Gasteiger partial charge in [-0.2, -0.15) is 0 Å². The third kappa shape index (κ3) is 3.86. The molecule has 1 heterocycles. The zero-order chi connectivity index (χ0) is 15.2. The van der Waals surface area contributed by atoms with Crippen LogP contribution in [0.5, 0.6) is 0 Å². The van der Waals surface area contributed by atoms with Crippen molar-refractivity contribution in [2.24, 2.45) is 0 Å². The van der Waals surface area contributed by atoms with Crippen LogP contribution in [0, 0.1) is 0 Å². The minimum Gasteiger partial charge on any atom is -0.397 e. The third-order valence-electron chi connectivity index (χ3n) is 3.76. The Hall–Kier alpha value is -1.79. The van der Waals surface area contributed by atoms with Crippen LogP contribution >= 0.6 is 0 Å². The maximum atomic E-state index is 11.9. The van der Waals surface area contributed by atoms with Crippen molar-refractivity contribution in [3.63, 3.8) is 0 Å². The van der Waals surface area contributed by atoms with E-state index in [1.807, 2.05) is 13.0 Å². The Morgan fingerprint density at radius 2 is 2.05 bits per heavy atom. The first kappa shape index (κ1) is 15.6. The molecule has 1 saturated heterocycles. The number of β-amino-alcohol motifs (C(OH)–C–C–N with tert-alkyl or cyclic N) is 1. The Bertz CT molecular complexity index is 485. The number of nitrogens with two attached hydrogens (primary N) is 1. The summed E-state index contributed by atoms with van der Waals surface area (Å²) in [6.45, 7) is 6.90. The number of rotatable bonds is 5. The number of piperazine rings is 1. The molecule has 1 aliphatic heterocycles. The van der Waals surface area contributed by atoms with Crippen molar-refractivity contribution in [3.05, 3.63) is 23.8 Å². The van der Waals surface area contributed by atoms with Gasteiger partial charge in [0.25, 0.3) is 5.91 Å². The second-order valence-electron chi connectivity index (χ2n) is 5.19. The van der Waals surface area contributed by atoms with E-state index in [1.54, 1.807) is 12.1 Å². The lowest BCUT2D eigenvalue weighted by atomic mass is 10.1. The summed E-state index contributed by atoms with van der Waals surface area (Å²) in [5.74, 6) is -0.0716. The van der Waals surface area contributed by atoms with Gasteiger partial charge in [0.2, 0.25) is 0 Å². The lowest BCUT2D eigenvalue weighted by molar-refractivity contribution is 0.0956. The third-order valence-corrected chi connectivity index (χ3v) is 3.76. The second-order valence-corrected chi connectivity index (χ2v) is 5.19. The first-order valence-corrected chi connectivity index (χ1v) is 7.41. The highest BCUT2D eigenvalue weighted by Crippen LogP contribution is 2.25. The van der Waals surface area contributed by atoms with Gasteiger partial charge in [0, 0.05) is 44.8 Å². The molecule has 1 aromatic rings. The molecular formula is C15H24N4O2. The van der Waals surface area contributed by atoms with Gasteiger partial charge in [-0.25, -0.2) is 0 Å². The van der Waals surface area contributed by atoms with Crippen LogP contribution in [0.4, 0.5) is 11.4 Å². The van der Waals surface area contributed by atoms with E-state index < -0.39 is 0 Å². The second kappa shape index (κ2) is 7.28. The number of hydrogen-bond donors (Lipinski definition) is 3. The van der Waals surface area contributed by atoms with Crippen LogP contribution in [0.2, 0.25) is 0 Å². The number of nitrogens with zero attached hydrogens (tertiary/aromatic N) is 2. The van der Waals surface area contributed by atoms with Crippen LogP contribution < -0.4 is 16.0 Å². The van der Waals surface area contributed by atoms with Crippen LogP contribution in [-0.2, 0) is 0 Å². The topological polar surface area (TPSA) is 81.8 Å². The lowest BCUT2D eigenvalue weighted by Gasteiger charge is -2.36. The molecule has 1 fully saturated rings. The summed E-state index contributed by atoms with van der Waals surface area (Å²) >= 11 is 0. The molecule has 21 heavy (non-hydrogen) atoms. The molecule has 1 amide bonds. The number of carbonyl (C=O) groups is 1. The van der Waals surface area contributed by atoms with E-state index in [1.165, 1.54) is 0 Å². The van der Waals surface area contributed by atoms with Gasteiger partial charge < -0.3 is 21.1 Å². The van der Waals surface area contributed by atoms with Crippen LogP contribution in [0.25, 0.3) is 0 Å². The molecule has 0 aromatic heterocycles. The molecule has 2 rings (SSSR count). The van der Waals surface area contributed by atoms with E-state index >= 15 is 0 Å². The molecule has 0 radical (unpaired) electrons. The molecule has 0 bridgehead atoms. The zero-order valence-electron chi connectivity index (χ0n) is 12.5. The molecule has 0 saturated carbocycles. The smallest absolute Gasteiger partial charge is 0.251 e. The van der Waals surface area contributed by atoms with E-state index in [0.29, 0.717) is 24.3 Å². The van der Waals surface area contributed by atoms with Gasteiger partial charge in [0.15, 0.2) is 0 Å². The van der Waals surface area contributed by atoms with E-state index in [-0.39, 0.29) is 12.5 Å². The molecule has 6 nitrogen and oxygen atoms in total. The zero-order valence-corrected chi connectivity index (χ0v) is 12.5. The largest absolute Gasteiger partial charge is 0.397 e. The SMILES string of the molecule is CCNC(=O)c1ccc(N)c(N2CCN(CCO)CC2)c1. The number of nitrogens with one attached hydrogen (secondary N) is 1. The van der Waals surface area contributed by atoms with E-state index in [2.05, 4.69) is 15.1 Å². The number of carbonyl (C=O) groups excluding carboxylic acids is 1. The fraction of sp³-hybridized carbons (Fsp3) is 0.533. The van der Waals surface area contributed by atoms with Crippen LogP contribution in [0.15, 0.2) is 18.2 Å². The van der Waals surface area contributed by atoms with Gasteiger partial charge in [0.05, 0.1) is 18.0 Å². The molecule has 6 heteroatoms. The molecule has 0 atom stereocenters. The minimum absolute atomic E-state index is 0.0716. The molecule has 1 aromatic carbocycles. The standard InChI is InChI=1S/C15H24N4O2/c1-2-17-15(21)12-3-4-13(16)14(11-12)19-7-5-18(6-8-19)9-10-20/h3-4,11,20H,2,5-10,16H2,1H3,(H,17,21). The van der Waals surface area contributed by atoms with Gasteiger partial charge in [-0.3, -0.25) is 9.69 Å². The number of benzene rings is 1. The number of anilines is 2. The fourth-order valence-electron chi connectivity index (χ4n) is 2.58. The van der Waals surface area contributed by atoms with E-state index in [9.17, 15) is 4.79 Å². The molecule has 0 unspecified atom stereocenters. The number of hydrogen-bond acceptors (Lipinski definition) is 5. The number of aliphatic hydroxyl groups is 1. The summed E-state index contributed by atoms with van der Waals surface area (Å²) < 4.78 is 0. The highest BCUT2D eigenvalue weighted by atomic mass is 16.3. The van der Waals surface area contributed by atoms with Crippen molar-refractivity contribution in [2.75, 3.05) is 56.5 Å². The molecule has 0 aliphatic carbocycles. The van der Waals surface area contributed by atoms with Crippen molar-refractivity contribution >= 4 is 17.3 Å². The first-order chi connectivity index (χ1) is 10.2. The van der Waals surface area contributed by atoms with Crippen LogP contribution in [0.1, 0.15) is 17.3 Å². The predicted octanol–water partition coefficient (Wildman–Crippen LogP) is 0.133. The molecular weight excluding hydrogens is 268 g/mol. The van der Waals surface area contributed by atoms with Crippen molar-refractivity contribution in [3.8, 4) is 0 Å². The molecule has 1 aliphatic rings. The highest BCUT2D eigenvalue weighted by Gasteiger charge is 2.19. The van der Waals surface area contributed by atoms with Crippen LogP contribution in [0.3, 0.4) is 0 Å². The van der Waals surface area contributed by atoms with Gasteiger partial charge in [-0.1, -0.05) is 0 Å². The Morgan fingerprint density at radius 1 is 1.33 bits per heavy atom. The fourth-order valence-corrected chi connectivity index (χ4v) is 2.58. The predicted molar refractivity (Wildman–Crippen MR) is 84.6 cm³/mol. The van der Waals surface area contributed by atoms with Gasteiger partial charge in [0.1, 0.15) is 0 Å². The normalized spacial score (nSPS) is 16.0. The van der Waals surface area contributed by atoms with Crippen molar-refractivity contribution in [1.29, 1.82) is 0 Å². The monoisotopic (exact) mass is 292 g/mol. The number of amides is 1. The van der Waals surface area contributed by atoms with Gasteiger partial charge in [-0.05, 0) is 25.1 Å². The number of nitrogen functional groups attached to an aromatic ring is 1. The lowest BCUT2D eigenvalue weighted by Crippen LogP contribution is -2.47. The Kier molecular flexibility index (Phi) is 5.41. The van der Waals surface area contributed by atoms with Crippen molar-refractivity contribution in [1.82, 2.24) is 10.2 Å². The summed E-state index contributed by atoms with van der Waals surface area (Å²) in [5, 5.41) is 11.8. The maximum Gasteiger partial charge on any atom is 0.251 e. The summed E-state index contributed by atoms with van der Waals surface area (Å²) in [7, 11) is 0. The van der Waals surface area contributed by atoms with Crippen molar-refractivity contribution < 1.29 is 9.90 Å². The first-order valence-electron chi connectivity index (χ1n) is 7.41. The van der Waals surface area contributed by atoms with Gasteiger partial charge >= 0.3 is 0 Å². The maximum absolute atomic E-state index is 11.9. The van der Waals surface area contributed by atoms with Crippen molar-refractivity contribution in [2.45, 2.75) is 6.92 Å². The van der Waals surface area contributed by atoms with E-state index in [4.69, 9.17) is 10.8 Å². The average Bonchev–Trinajstić information content (AvgIpc) is 2.49. The van der Waals surface area contributed by atoms with Gasteiger partial charge in [-0.15, -0.1) is 0 Å². The summed E-state index contributed by atoms with van der Waals surface area (Å²) in [4.78, 5) is 16.3. The van der Waals surface area contributed by atoms with Crippen LogP contribution in [-0.4, -0.2) is 61.8 Å². The Morgan fingerprint density at radius 3 is 2.67 bits per heavy atom. The average molecular weight is 292 g/mol.